The number of benzene rings is 2. The van der Waals surface area contributed by atoms with Crippen molar-refractivity contribution < 1.29 is 9.90 Å². The van der Waals surface area contributed by atoms with Crippen LogP contribution in [-0.2, 0) is 6.54 Å². The molecule has 20 heavy (non-hydrogen) atoms. The summed E-state index contributed by atoms with van der Waals surface area (Å²) in [6, 6.07) is 12.4. The number of halogens is 1. The van der Waals surface area contributed by atoms with Crippen LogP contribution in [0.5, 0.6) is 5.75 Å². The zero-order valence-corrected chi connectivity index (χ0v) is 12.2. The first-order chi connectivity index (χ1) is 9.47. The summed E-state index contributed by atoms with van der Waals surface area (Å²) in [4.78, 5) is 13.9. The van der Waals surface area contributed by atoms with Crippen LogP contribution < -0.4 is 0 Å². The SMILES string of the molecule is Cc1ccc(C(=O)N(C)Cc2ccc(Cl)cc2)c(O)c1. The van der Waals surface area contributed by atoms with Gasteiger partial charge in [0.05, 0.1) is 5.56 Å². The van der Waals surface area contributed by atoms with Crippen LogP contribution in [-0.4, -0.2) is 23.0 Å². The van der Waals surface area contributed by atoms with Crippen molar-refractivity contribution in [1.29, 1.82) is 0 Å². The van der Waals surface area contributed by atoms with E-state index in [0.717, 1.165) is 11.1 Å². The van der Waals surface area contributed by atoms with Crippen LogP contribution in [0.1, 0.15) is 21.5 Å². The van der Waals surface area contributed by atoms with Gasteiger partial charge >= 0.3 is 0 Å². The largest absolute Gasteiger partial charge is 0.507 e. The number of phenolic OH excluding ortho intramolecular Hbond substituents is 1. The van der Waals surface area contributed by atoms with Crippen molar-refractivity contribution in [3.8, 4) is 5.75 Å². The van der Waals surface area contributed by atoms with Gasteiger partial charge in [-0.15, -0.1) is 0 Å². The first-order valence-corrected chi connectivity index (χ1v) is 6.64. The molecule has 0 aliphatic rings. The van der Waals surface area contributed by atoms with Crippen LogP contribution in [0.25, 0.3) is 0 Å². The molecule has 0 saturated heterocycles. The Kier molecular flexibility index (Phi) is 4.30. The van der Waals surface area contributed by atoms with E-state index in [4.69, 9.17) is 11.6 Å². The van der Waals surface area contributed by atoms with Gasteiger partial charge in [0, 0.05) is 18.6 Å². The van der Waals surface area contributed by atoms with Crippen molar-refractivity contribution in [2.24, 2.45) is 0 Å². The van der Waals surface area contributed by atoms with E-state index in [2.05, 4.69) is 0 Å². The molecule has 0 unspecified atom stereocenters. The van der Waals surface area contributed by atoms with Gasteiger partial charge in [-0.25, -0.2) is 0 Å². The molecule has 0 radical (unpaired) electrons. The van der Waals surface area contributed by atoms with Crippen molar-refractivity contribution in [3.05, 3.63) is 64.2 Å². The summed E-state index contributed by atoms with van der Waals surface area (Å²) in [6.07, 6.45) is 0. The second-order valence-electron chi connectivity index (χ2n) is 4.81. The maximum atomic E-state index is 12.3. The second kappa shape index (κ2) is 5.97. The molecule has 0 aromatic heterocycles. The van der Waals surface area contributed by atoms with Gasteiger partial charge in [-0.3, -0.25) is 4.79 Å². The van der Waals surface area contributed by atoms with Crippen LogP contribution in [0.2, 0.25) is 5.02 Å². The minimum absolute atomic E-state index is 0.0120. The number of aromatic hydroxyl groups is 1. The number of hydrogen-bond donors (Lipinski definition) is 1. The highest BCUT2D eigenvalue weighted by molar-refractivity contribution is 6.30. The Labute approximate surface area is 123 Å². The summed E-state index contributed by atoms with van der Waals surface area (Å²) in [6.45, 7) is 2.33. The fourth-order valence-corrected chi connectivity index (χ4v) is 2.09. The number of hydrogen-bond acceptors (Lipinski definition) is 2. The Morgan fingerprint density at radius 3 is 2.45 bits per heavy atom. The summed E-state index contributed by atoms with van der Waals surface area (Å²) in [5.41, 5.74) is 2.21. The zero-order valence-electron chi connectivity index (χ0n) is 11.4. The molecule has 3 nitrogen and oxygen atoms in total. The minimum atomic E-state index is -0.211. The highest BCUT2D eigenvalue weighted by Crippen LogP contribution is 2.20. The third-order valence-corrected chi connectivity index (χ3v) is 3.32. The van der Waals surface area contributed by atoms with E-state index in [-0.39, 0.29) is 11.7 Å². The molecule has 0 spiro atoms. The summed E-state index contributed by atoms with van der Waals surface area (Å²) in [5.74, 6) is -0.199. The molecular weight excluding hydrogens is 274 g/mol. The van der Waals surface area contributed by atoms with Crippen molar-refractivity contribution in [2.75, 3.05) is 7.05 Å². The molecule has 0 atom stereocenters. The monoisotopic (exact) mass is 289 g/mol. The van der Waals surface area contributed by atoms with Crippen LogP contribution in [0.4, 0.5) is 0 Å². The molecule has 0 aliphatic carbocycles. The number of amides is 1. The standard InChI is InChI=1S/C16H16ClNO2/c1-11-3-8-14(15(19)9-11)16(20)18(2)10-12-4-6-13(17)7-5-12/h3-9,19H,10H2,1-2H3. The molecule has 2 aromatic carbocycles. The van der Waals surface area contributed by atoms with Gasteiger partial charge in [0.25, 0.3) is 5.91 Å². The number of rotatable bonds is 3. The zero-order chi connectivity index (χ0) is 14.7. The Bertz CT molecular complexity index is 623. The number of carbonyl (C=O) groups excluding carboxylic acids is 1. The predicted molar refractivity (Wildman–Crippen MR) is 80.1 cm³/mol. The van der Waals surface area contributed by atoms with E-state index in [1.807, 2.05) is 25.1 Å². The Morgan fingerprint density at radius 1 is 1.20 bits per heavy atom. The van der Waals surface area contributed by atoms with Crippen LogP contribution in [0, 0.1) is 6.92 Å². The number of nitrogens with zero attached hydrogens (tertiary/aromatic N) is 1. The molecule has 1 amide bonds. The Balaban J connectivity index is 2.14. The molecule has 2 rings (SSSR count). The molecular formula is C16H16ClNO2. The van der Waals surface area contributed by atoms with E-state index in [1.165, 1.54) is 0 Å². The van der Waals surface area contributed by atoms with E-state index in [0.29, 0.717) is 17.1 Å². The van der Waals surface area contributed by atoms with E-state index in [9.17, 15) is 9.90 Å². The van der Waals surface area contributed by atoms with Crippen LogP contribution in [0.15, 0.2) is 42.5 Å². The first-order valence-electron chi connectivity index (χ1n) is 6.27. The Hall–Kier alpha value is -2.00. The molecule has 2 aromatic rings. The molecule has 0 aliphatic heterocycles. The molecule has 104 valence electrons. The normalized spacial score (nSPS) is 10.3. The quantitative estimate of drug-likeness (QED) is 0.937. The third-order valence-electron chi connectivity index (χ3n) is 3.06. The van der Waals surface area contributed by atoms with Crippen LogP contribution in [0.3, 0.4) is 0 Å². The predicted octanol–water partition coefficient (Wildman–Crippen LogP) is 3.63. The van der Waals surface area contributed by atoms with Gasteiger partial charge in [-0.1, -0.05) is 29.8 Å². The lowest BCUT2D eigenvalue weighted by molar-refractivity contribution is 0.0782. The number of carbonyl (C=O) groups is 1. The maximum absolute atomic E-state index is 12.3. The first kappa shape index (κ1) is 14.4. The second-order valence-corrected chi connectivity index (χ2v) is 5.24. The third kappa shape index (κ3) is 3.31. The summed E-state index contributed by atoms with van der Waals surface area (Å²) >= 11 is 5.83. The average molecular weight is 290 g/mol. The molecule has 4 heteroatoms. The molecule has 0 bridgehead atoms. The number of phenols is 1. The molecule has 0 heterocycles. The lowest BCUT2D eigenvalue weighted by Gasteiger charge is -2.18. The highest BCUT2D eigenvalue weighted by atomic mass is 35.5. The molecule has 0 saturated carbocycles. The minimum Gasteiger partial charge on any atom is -0.507 e. The fourth-order valence-electron chi connectivity index (χ4n) is 1.96. The van der Waals surface area contributed by atoms with Crippen molar-refractivity contribution >= 4 is 17.5 Å². The molecule has 0 fully saturated rings. The van der Waals surface area contributed by atoms with E-state index >= 15 is 0 Å². The summed E-state index contributed by atoms with van der Waals surface area (Å²) in [5, 5.41) is 10.5. The van der Waals surface area contributed by atoms with E-state index in [1.54, 1.807) is 36.2 Å². The van der Waals surface area contributed by atoms with Gasteiger partial charge in [-0.05, 0) is 42.3 Å². The van der Waals surface area contributed by atoms with Gasteiger partial charge in [0.1, 0.15) is 5.75 Å². The van der Waals surface area contributed by atoms with Crippen molar-refractivity contribution in [1.82, 2.24) is 4.90 Å². The van der Waals surface area contributed by atoms with Gasteiger partial charge in [0.2, 0.25) is 0 Å². The fraction of sp³-hybridized carbons (Fsp3) is 0.188. The average Bonchev–Trinajstić information content (AvgIpc) is 2.40. The van der Waals surface area contributed by atoms with Gasteiger partial charge in [0.15, 0.2) is 0 Å². The van der Waals surface area contributed by atoms with Gasteiger partial charge in [-0.2, -0.15) is 0 Å². The van der Waals surface area contributed by atoms with Crippen molar-refractivity contribution in [2.45, 2.75) is 13.5 Å². The van der Waals surface area contributed by atoms with Crippen molar-refractivity contribution in [3.63, 3.8) is 0 Å². The smallest absolute Gasteiger partial charge is 0.257 e. The maximum Gasteiger partial charge on any atom is 0.257 e. The van der Waals surface area contributed by atoms with Crippen LogP contribution >= 0.6 is 11.6 Å². The lowest BCUT2D eigenvalue weighted by atomic mass is 10.1. The van der Waals surface area contributed by atoms with E-state index < -0.39 is 0 Å². The Morgan fingerprint density at radius 2 is 1.85 bits per heavy atom. The van der Waals surface area contributed by atoms with Gasteiger partial charge < -0.3 is 10.0 Å². The number of aryl methyl sites for hydroxylation is 1. The highest BCUT2D eigenvalue weighted by Gasteiger charge is 2.15. The lowest BCUT2D eigenvalue weighted by Crippen LogP contribution is -2.26. The summed E-state index contributed by atoms with van der Waals surface area (Å²) in [7, 11) is 1.70. The topological polar surface area (TPSA) is 40.5 Å². The summed E-state index contributed by atoms with van der Waals surface area (Å²) < 4.78 is 0. The molecule has 1 N–H and O–H groups in total.